The highest BCUT2D eigenvalue weighted by molar-refractivity contribution is 6.03. The Morgan fingerprint density at radius 1 is 1.10 bits per heavy atom. The summed E-state index contributed by atoms with van der Waals surface area (Å²) in [5.74, 6) is -0.175. The average molecular weight is 277 g/mol. The van der Waals surface area contributed by atoms with E-state index in [1.165, 1.54) is 0 Å². The van der Waals surface area contributed by atoms with Gasteiger partial charge in [-0.15, -0.1) is 0 Å². The maximum Gasteiger partial charge on any atom is 0.233 e. The summed E-state index contributed by atoms with van der Waals surface area (Å²) in [4.78, 5) is 25.2. The lowest BCUT2D eigenvalue weighted by Gasteiger charge is -2.13. The number of nitrogens with zero attached hydrogens (tertiary/aromatic N) is 1. The minimum absolute atomic E-state index is 0.151. The fourth-order valence-corrected chi connectivity index (χ4v) is 1.57. The molecular formula is C15H23N3O2. The number of anilines is 2. The van der Waals surface area contributed by atoms with E-state index in [9.17, 15) is 9.59 Å². The summed E-state index contributed by atoms with van der Waals surface area (Å²) in [6.45, 7) is 4.60. The van der Waals surface area contributed by atoms with Crippen LogP contribution in [-0.2, 0) is 9.59 Å². The van der Waals surface area contributed by atoms with Gasteiger partial charge in [0.15, 0.2) is 0 Å². The Balaban J connectivity index is 2.44. The first kappa shape index (κ1) is 16.0. The van der Waals surface area contributed by atoms with Crippen LogP contribution in [0.2, 0.25) is 0 Å². The number of rotatable bonds is 6. The first-order valence-corrected chi connectivity index (χ1v) is 6.72. The molecule has 2 amide bonds. The quantitative estimate of drug-likeness (QED) is 0.780. The molecule has 0 fully saturated rings. The third-order valence-electron chi connectivity index (χ3n) is 2.70. The molecule has 20 heavy (non-hydrogen) atoms. The van der Waals surface area contributed by atoms with Crippen LogP contribution in [-0.4, -0.2) is 32.5 Å². The third-order valence-corrected chi connectivity index (χ3v) is 2.70. The largest absolute Gasteiger partial charge is 0.378 e. The van der Waals surface area contributed by atoms with E-state index in [1.54, 1.807) is 0 Å². The zero-order valence-electron chi connectivity index (χ0n) is 12.6. The van der Waals surface area contributed by atoms with E-state index in [2.05, 4.69) is 10.6 Å². The highest BCUT2D eigenvalue weighted by Crippen LogP contribution is 2.15. The van der Waals surface area contributed by atoms with E-state index in [4.69, 9.17) is 0 Å². The van der Waals surface area contributed by atoms with Crippen LogP contribution >= 0.6 is 0 Å². The molecule has 2 N–H and O–H groups in total. The van der Waals surface area contributed by atoms with Gasteiger partial charge in [-0.3, -0.25) is 9.59 Å². The number of hydrogen-bond donors (Lipinski definition) is 2. The molecule has 0 spiro atoms. The number of amides is 2. The van der Waals surface area contributed by atoms with Gasteiger partial charge in [0, 0.05) is 32.0 Å². The highest BCUT2D eigenvalue weighted by Gasteiger charge is 2.09. The molecule has 5 nitrogen and oxygen atoms in total. The zero-order chi connectivity index (χ0) is 15.1. The molecule has 0 atom stereocenters. The number of benzene rings is 1. The van der Waals surface area contributed by atoms with Crippen LogP contribution in [0.1, 0.15) is 20.3 Å². The van der Waals surface area contributed by atoms with E-state index in [0.29, 0.717) is 18.2 Å². The van der Waals surface area contributed by atoms with Crippen LogP contribution in [0.15, 0.2) is 24.3 Å². The van der Waals surface area contributed by atoms with Crippen LogP contribution in [0.3, 0.4) is 0 Å². The Bertz CT molecular complexity index is 453. The van der Waals surface area contributed by atoms with Crippen molar-refractivity contribution >= 4 is 23.2 Å². The molecule has 0 unspecified atom stereocenters. The number of hydrogen-bond acceptors (Lipinski definition) is 3. The van der Waals surface area contributed by atoms with Gasteiger partial charge in [0.2, 0.25) is 11.8 Å². The summed E-state index contributed by atoms with van der Waals surface area (Å²) < 4.78 is 0. The summed E-state index contributed by atoms with van der Waals surface area (Å²) in [7, 11) is 3.90. The molecule has 1 rings (SSSR count). The van der Waals surface area contributed by atoms with Gasteiger partial charge in [0.05, 0.1) is 0 Å². The molecular weight excluding hydrogens is 254 g/mol. The Morgan fingerprint density at radius 3 is 2.20 bits per heavy atom. The van der Waals surface area contributed by atoms with Gasteiger partial charge in [0.25, 0.3) is 0 Å². The molecule has 0 radical (unpaired) electrons. The highest BCUT2D eigenvalue weighted by atomic mass is 16.2. The van der Waals surface area contributed by atoms with E-state index in [0.717, 1.165) is 5.69 Å². The van der Waals surface area contributed by atoms with Crippen molar-refractivity contribution in [2.24, 2.45) is 5.92 Å². The molecule has 0 aromatic heterocycles. The molecule has 1 aromatic carbocycles. The molecule has 1 aromatic rings. The standard InChI is InChI=1S/C15H23N3O2/c1-11(2)10-16-14(19)9-15(20)17-12-5-7-13(8-6-12)18(3)4/h5-8,11H,9-10H2,1-4H3,(H,16,19)(H,17,20). The van der Waals surface area contributed by atoms with E-state index in [-0.39, 0.29) is 18.2 Å². The van der Waals surface area contributed by atoms with Crippen molar-refractivity contribution in [3.63, 3.8) is 0 Å². The molecule has 0 saturated carbocycles. The average Bonchev–Trinajstić information content (AvgIpc) is 2.36. The predicted octanol–water partition coefficient (Wildman–Crippen LogP) is 1.85. The van der Waals surface area contributed by atoms with Crippen LogP contribution in [0.4, 0.5) is 11.4 Å². The number of nitrogens with one attached hydrogen (secondary N) is 2. The van der Waals surface area contributed by atoms with Crippen LogP contribution in [0.5, 0.6) is 0 Å². The second-order valence-electron chi connectivity index (χ2n) is 5.36. The van der Waals surface area contributed by atoms with E-state index >= 15 is 0 Å². The van der Waals surface area contributed by atoms with Gasteiger partial charge >= 0.3 is 0 Å². The van der Waals surface area contributed by atoms with Gasteiger partial charge in [0.1, 0.15) is 6.42 Å². The van der Waals surface area contributed by atoms with Crippen LogP contribution in [0, 0.1) is 5.92 Å². The maximum atomic E-state index is 11.7. The van der Waals surface area contributed by atoms with Crippen molar-refractivity contribution in [2.75, 3.05) is 30.9 Å². The maximum absolute atomic E-state index is 11.7. The Labute approximate surface area is 120 Å². The summed E-state index contributed by atoms with van der Waals surface area (Å²) in [5.41, 5.74) is 1.75. The van der Waals surface area contributed by atoms with Gasteiger partial charge in [-0.1, -0.05) is 13.8 Å². The Hall–Kier alpha value is -2.04. The van der Waals surface area contributed by atoms with Crippen LogP contribution in [0.25, 0.3) is 0 Å². The van der Waals surface area contributed by atoms with Gasteiger partial charge in [-0.05, 0) is 30.2 Å². The molecule has 0 aliphatic heterocycles. The second-order valence-corrected chi connectivity index (χ2v) is 5.36. The molecule has 0 saturated heterocycles. The smallest absolute Gasteiger partial charge is 0.233 e. The fourth-order valence-electron chi connectivity index (χ4n) is 1.57. The zero-order valence-corrected chi connectivity index (χ0v) is 12.6. The lowest BCUT2D eigenvalue weighted by molar-refractivity contribution is -0.126. The van der Waals surface area contributed by atoms with Crippen molar-refractivity contribution < 1.29 is 9.59 Å². The van der Waals surface area contributed by atoms with Crippen molar-refractivity contribution in [2.45, 2.75) is 20.3 Å². The minimum Gasteiger partial charge on any atom is -0.378 e. The monoisotopic (exact) mass is 277 g/mol. The van der Waals surface area contributed by atoms with E-state index < -0.39 is 0 Å². The topological polar surface area (TPSA) is 61.4 Å². The molecule has 0 aliphatic carbocycles. The Morgan fingerprint density at radius 2 is 1.70 bits per heavy atom. The van der Waals surface area contributed by atoms with Crippen LogP contribution < -0.4 is 15.5 Å². The van der Waals surface area contributed by atoms with Crippen molar-refractivity contribution in [3.05, 3.63) is 24.3 Å². The lowest BCUT2D eigenvalue weighted by Crippen LogP contribution is -2.30. The summed E-state index contributed by atoms with van der Waals surface area (Å²) in [6, 6.07) is 7.46. The summed E-state index contributed by atoms with van der Waals surface area (Å²) >= 11 is 0. The lowest BCUT2D eigenvalue weighted by atomic mass is 10.2. The van der Waals surface area contributed by atoms with Gasteiger partial charge < -0.3 is 15.5 Å². The molecule has 5 heteroatoms. The van der Waals surface area contributed by atoms with Gasteiger partial charge in [-0.2, -0.15) is 0 Å². The summed E-state index contributed by atoms with van der Waals surface area (Å²) in [5, 5.41) is 5.42. The fraction of sp³-hybridized carbons (Fsp3) is 0.467. The third kappa shape index (κ3) is 5.73. The Kier molecular flexibility index (Phi) is 6.03. The first-order chi connectivity index (χ1) is 9.38. The van der Waals surface area contributed by atoms with E-state index in [1.807, 2.05) is 57.1 Å². The van der Waals surface area contributed by atoms with Crippen molar-refractivity contribution in [1.82, 2.24) is 5.32 Å². The minimum atomic E-state index is -0.302. The summed E-state index contributed by atoms with van der Waals surface area (Å²) in [6.07, 6.45) is -0.151. The predicted molar refractivity (Wildman–Crippen MR) is 81.9 cm³/mol. The molecule has 0 aliphatic rings. The number of carbonyl (C=O) groups excluding carboxylic acids is 2. The van der Waals surface area contributed by atoms with Gasteiger partial charge in [-0.25, -0.2) is 0 Å². The molecule has 110 valence electrons. The molecule has 0 heterocycles. The SMILES string of the molecule is CC(C)CNC(=O)CC(=O)Nc1ccc(N(C)C)cc1. The first-order valence-electron chi connectivity index (χ1n) is 6.72. The normalized spacial score (nSPS) is 10.2. The molecule has 0 bridgehead atoms. The second kappa shape index (κ2) is 7.53. The van der Waals surface area contributed by atoms with Crippen molar-refractivity contribution in [1.29, 1.82) is 0 Å². The van der Waals surface area contributed by atoms with Crippen molar-refractivity contribution in [3.8, 4) is 0 Å². The number of carbonyl (C=O) groups is 2.